The van der Waals surface area contributed by atoms with Crippen LogP contribution in [0.25, 0.3) is 6.08 Å². The molecule has 2 amide bonds. The standard InChI is InChI=1S/C26H19Cl3FNO4S/c1-2-34-23-10-15(6-9-22(23)35-14-18-19(27)4-3-5-20(18)28)11-24-25(32)31(26(33)36-24)13-16-7-8-17(30)12-21(16)29/h3-12H,2,13-14H2,1H3/b24-11-. The number of nitrogens with zero attached hydrogens (tertiary/aromatic N) is 1. The van der Waals surface area contributed by atoms with E-state index in [4.69, 9.17) is 44.3 Å². The highest BCUT2D eigenvalue weighted by atomic mass is 35.5. The average Bonchev–Trinajstić information content (AvgIpc) is 3.09. The number of hydrogen-bond donors (Lipinski definition) is 0. The number of ether oxygens (including phenoxy) is 2. The smallest absolute Gasteiger partial charge is 0.293 e. The molecule has 0 atom stereocenters. The number of amides is 2. The van der Waals surface area contributed by atoms with Crippen LogP contribution in [0.3, 0.4) is 0 Å². The molecule has 0 unspecified atom stereocenters. The van der Waals surface area contributed by atoms with E-state index >= 15 is 0 Å². The van der Waals surface area contributed by atoms with Gasteiger partial charge in [-0.05, 0) is 72.3 Å². The number of carbonyl (C=O) groups is 2. The van der Waals surface area contributed by atoms with Gasteiger partial charge in [-0.25, -0.2) is 4.39 Å². The minimum absolute atomic E-state index is 0.0529. The van der Waals surface area contributed by atoms with Crippen LogP contribution < -0.4 is 9.47 Å². The molecule has 1 aliphatic rings. The lowest BCUT2D eigenvalue weighted by Crippen LogP contribution is -2.27. The summed E-state index contributed by atoms with van der Waals surface area (Å²) in [4.78, 5) is 26.8. The van der Waals surface area contributed by atoms with Crippen molar-refractivity contribution < 1.29 is 23.5 Å². The van der Waals surface area contributed by atoms with Crippen molar-refractivity contribution in [2.24, 2.45) is 0 Å². The van der Waals surface area contributed by atoms with E-state index in [0.29, 0.717) is 44.8 Å². The molecular formula is C26H19Cl3FNO4S. The van der Waals surface area contributed by atoms with Crippen LogP contribution in [-0.4, -0.2) is 22.7 Å². The van der Waals surface area contributed by atoms with E-state index in [1.54, 1.807) is 42.5 Å². The number of halogens is 4. The Morgan fingerprint density at radius 1 is 0.944 bits per heavy atom. The number of hydrogen-bond acceptors (Lipinski definition) is 5. The van der Waals surface area contributed by atoms with Gasteiger partial charge in [-0.1, -0.05) is 53.0 Å². The quantitative estimate of drug-likeness (QED) is 0.259. The van der Waals surface area contributed by atoms with Crippen LogP contribution in [0, 0.1) is 5.82 Å². The summed E-state index contributed by atoms with van der Waals surface area (Å²) >= 11 is 19.3. The Morgan fingerprint density at radius 3 is 2.39 bits per heavy atom. The van der Waals surface area contributed by atoms with E-state index in [1.165, 1.54) is 12.1 Å². The van der Waals surface area contributed by atoms with Crippen molar-refractivity contribution in [2.45, 2.75) is 20.1 Å². The predicted octanol–water partition coefficient (Wildman–Crippen LogP) is 8.00. The van der Waals surface area contributed by atoms with Crippen molar-refractivity contribution in [3.05, 3.63) is 97.1 Å². The van der Waals surface area contributed by atoms with Gasteiger partial charge in [-0.2, -0.15) is 0 Å². The lowest BCUT2D eigenvalue weighted by Gasteiger charge is -2.14. The van der Waals surface area contributed by atoms with Crippen LogP contribution in [0.1, 0.15) is 23.6 Å². The van der Waals surface area contributed by atoms with E-state index in [0.717, 1.165) is 22.7 Å². The molecule has 1 aliphatic heterocycles. The molecule has 0 bridgehead atoms. The first-order chi connectivity index (χ1) is 17.3. The normalized spacial score (nSPS) is 14.6. The van der Waals surface area contributed by atoms with Crippen LogP contribution in [0.2, 0.25) is 15.1 Å². The molecule has 3 aromatic carbocycles. The SMILES string of the molecule is CCOc1cc(/C=C2\SC(=O)N(Cc3ccc(F)cc3Cl)C2=O)ccc1OCc1c(Cl)cccc1Cl. The van der Waals surface area contributed by atoms with Crippen molar-refractivity contribution in [3.63, 3.8) is 0 Å². The lowest BCUT2D eigenvalue weighted by atomic mass is 10.1. The Labute approximate surface area is 226 Å². The van der Waals surface area contributed by atoms with Crippen LogP contribution in [-0.2, 0) is 17.9 Å². The van der Waals surface area contributed by atoms with Gasteiger partial charge in [0.15, 0.2) is 11.5 Å². The number of benzene rings is 3. The summed E-state index contributed by atoms with van der Waals surface area (Å²) in [7, 11) is 0. The van der Waals surface area contributed by atoms with Crippen molar-refractivity contribution in [1.82, 2.24) is 4.90 Å². The highest BCUT2D eigenvalue weighted by Crippen LogP contribution is 2.36. The molecule has 4 rings (SSSR count). The zero-order valence-corrected chi connectivity index (χ0v) is 22.0. The van der Waals surface area contributed by atoms with Gasteiger partial charge >= 0.3 is 0 Å². The maximum atomic E-state index is 13.3. The number of imide groups is 1. The molecule has 0 saturated carbocycles. The monoisotopic (exact) mass is 565 g/mol. The molecule has 1 heterocycles. The van der Waals surface area contributed by atoms with Gasteiger partial charge in [-0.3, -0.25) is 14.5 Å². The molecule has 5 nitrogen and oxygen atoms in total. The molecule has 186 valence electrons. The number of thioether (sulfide) groups is 1. The third-order valence-electron chi connectivity index (χ3n) is 5.22. The van der Waals surface area contributed by atoms with Gasteiger partial charge in [0.25, 0.3) is 11.1 Å². The van der Waals surface area contributed by atoms with Gasteiger partial charge < -0.3 is 9.47 Å². The Bertz CT molecular complexity index is 1340. The molecule has 3 aromatic rings. The molecule has 10 heteroatoms. The van der Waals surface area contributed by atoms with E-state index in [-0.39, 0.29) is 23.1 Å². The first kappa shape index (κ1) is 26.4. The Hall–Kier alpha value is -2.71. The van der Waals surface area contributed by atoms with Gasteiger partial charge in [0.2, 0.25) is 0 Å². The molecule has 0 aliphatic carbocycles. The maximum Gasteiger partial charge on any atom is 0.293 e. The fourth-order valence-corrected chi connectivity index (χ4v) is 5.00. The van der Waals surface area contributed by atoms with Crippen LogP contribution >= 0.6 is 46.6 Å². The molecule has 0 spiro atoms. The largest absolute Gasteiger partial charge is 0.490 e. The van der Waals surface area contributed by atoms with Crippen LogP contribution in [0.4, 0.5) is 9.18 Å². The summed E-state index contributed by atoms with van der Waals surface area (Å²) in [6.07, 6.45) is 1.61. The number of rotatable bonds is 8. The zero-order chi connectivity index (χ0) is 25.8. The lowest BCUT2D eigenvalue weighted by molar-refractivity contribution is -0.123. The van der Waals surface area contributed by atoms with Gasteiger partial charge in [-0.15, -0.1) is 0 Å². The zero-order valence-electron chi connectivity index (χ0n) is 18.9. The average molecular weight is 567 g/mol. The van der Waals surface area contributed by atoms with Crippen LogP contribution in [0.15, 0.2) is 59.5 Å². The van der Waals surface area contributed by atoms with Gasteiger partial charge in [0.05, 0.1) is 18.1 Å². The molecule has 1 fully saturated rings. The minimum atomic E-state index is -0.495. The van der Waals surface area contributed by atoms with E-state index in [1.807, 2.05) is 6.92 Å². The second-order valence-electron chi connectivity index (χ2n) is 7.63. The first-order valence-corrected chi connectivity index (χ1v) is 12.7. The van der Waals surface area contributed by atoms with Crippen LogP contribution in [0.5, 0.6) is 11.5 Å². The molecule has 0 N–H and O–H groups in total. The summed E-state index contributed by atoms with van der Waals surface area (Å²) in [5.74, 6) is -0.0156. The third-order valence-corrected chi connectivity index (χ3v) is 7.18. The fraction of sp³-hybridized carbons (Fsp3) is 0.154. The summed E-state index contributed by atoms with van der Waals surface area (Å²) in [6, 6.07) is 14.2. The van der Waals surface area contributed by atoms with E-state index in [2.05, 4.69) is 0 Å². The molecule has 1 saturated heterocycles. The molecule has 0 radical (unpaired) electrons. The van der Waals surface area contributed by atoms with E-state index < -0.39 is 17.0 Å². The molecule has 36 heavy (non-hydrogen) atoms. The van der Waals surface area contributed by atoms with Crippen molar-refractivity contribution in [1.29, 1.82) is 0 Å². The van der Waals surface area contributed by atoms with Gasteiger partial charge in [0.1, 0.15) is 12.4 Å². The second-order valence-corrected chi connectivity index (χ2v) is 9.85. The topological polar surface area (TPSA) is 55.8 Å². The highest BCUT2D eigenvalue weighted by Gasteiger charge is 2.35. The van der Waals surface area contributed by atoms with E-state index in [9.17, 15) is 14.0 Å². The minimum Gasteiger partial charge on any atom is -0.490 e. The predicted molar refractivity (Wildman–Crippen MR) is 141 cm³/mol. The highest BCUT2D eigenvalue weighted by molar-refractivity contribution is 8.18. The van der Waals surface area contributed by atoms with Crippen molar-refractivity contribution in [3.8, 4) is 11.5 Å². The van der Waals surface area contributed by atoms with Crippen molar-refractivity contribution in [2.75, 3.05) is 6.61 Å². The third kappa shape index (κ3) is 5.98. The maximum absolute atomic E-state index is 13.3. The number of carbonyl (C=O) groups excluding carboxylic acids is 2. The summed E-state index contributed by atoms with van der Waals surface area (Å²) in [6.45, 7) is 2.32. The Kier molecular flexibility index (Phi) is 8.46. The Balaban J connectivity index is 1.53. The van der Waals surface area contributed by atoms with Crippen molar-refractivity contribution >= 4 is 63.8 Å². The van der Waals surface area contributed by atoms with Gasteiger partial charge in [0, 0.05) is 20.6 Å². The Morgan fingerprint density at radius 2 is 1.69 bits per heavy atom. The summed E-state index contributed by atoms with van der Waals surface area (Å²) in [5.41, 5.74) is 1.77. The summed E-state index contributed by atoms with van der Waals surface area (Å²) in [5, 5.41) is 0.700. The molecule has 0 aromatic heterocycles. The fourth-order valence-electron chi connectivity index (χ4n) is 3.43. The second kappa shape index (κ2) is 11.6. The molecular weight excluding hydrogens is 548 g/mol. The summed E-state index contributed by atoms with van der Waals surface area (Å²) < 4.78 is 25.0. The first-order valence-electron chi connectivity index (χ1n) is 10.8.